The molecule has 9 heteroatoms. The lowest BCUT2D eigenvalue weighted by molar-refractivity contribution is -0.136. The summed E-state index contributed by atoms with van der Waals surface area (Å²) < 4.78 is 18.2. The van der Waals surface area contributed by atoms with Gasteiger partial charge >= 0.3 is 0 Å². The highest BCUT2D eigenvalue weighted by molar-refractivity contribution is 5.94. The van der Waals surface area contributed by atoms with Gasteiger partial charge in [0.15, 0.2) is 0 Å². The Balaban J connectivity index is 1.60. The van der Waals surface area contributed by atoms with E-state index >= 15 is 0 Å². The number of rotatable bonds is 4. The predicted molar refractivity (Wildman–Crippen MR) is 110 cm³/mol. The van der Waals surface area contributed by atoms with Gasteiger partial charge in [0, 0.05) is 32.2 Å². The van der Waals surface area contributed by atoms with Crippen LogP contribution in [0.1, 0.15) is 52.7 Å². The number of benzene rings is 1. The summed E-state index contributed by atoms with van der Waals surface area (Å²) in [4.78, 5) is 48.9. The van der Waals surface area contributed by atoms with Crippen molar-refractivity contribution in [3.05, 3.63) is 63.1 Å². The Hall–Kier alpha value is -3.07. The number of piperidine rings is 1. The Bertz CT molecular complexity index is 1040. The molecule has 1 fully saturated rings. The number of halogens is 1. The van der Waals surface area contributed by atoms with Crippen molar-refractivity contribution in [2.75, 3.05) is 26.8 Å². The maximum Gasteiger partial charge on any atom is 0.256 e. The van der Waals surface area contributed by atoms with Crippen LogP contribution in [0.5, 0.6) is 0 Å². The third-order valence-electron chi connectivity index (χ3n) is 5.88. The first-order valence-electron chi connectivity index (χ1n) is 10.4. The Morgan fingerprint density at radius 2 is 2.00 bits per heavy atom. The molecule has 1 aromatic carbocycles. The van der Waals surface area contributed by atoms with Gasteiger partial charge in [0.05, 0.1) is 23.8 Å². The summed E-state index contributed by atoms with van der Waals surface area (Å²) in [6, 6.07) is 5.12. The summed E-state index contributed by atoms with van der Waals surface area (Å²) in [6.45, 7) is 1.18. The number of nitrogens with one attached hydrogen (secondary N) is 1. The number of aromatic nitrogens is 2. The molecular formula is C22H25FN4O4. The lowest BCUT2D eigenvalue weighted by Crippen LogP contribution is -2.43. The minimum atomic E-state index is -0.398. The van der Waals surface area contributed by atoms with E-state index in [0.29, 0.717) is 48.6 Å². The molecule has 8 nitrogen and oxygen atoms in total. The van der Waals surface area contributed by atoms with E-state index in [2.05, 4.69) is 4.98 Å². The predicted octanol–water partition coefficient (Wildman–Crippen LogP) is 1.81. The second-order valence-electron chi connectivity index (χ2n) is 7.89. The van der Waals surface area contributed by atoms with Gasteiger partial charge in [-0.3, -0.25) is 14.4 Å². The smallest absolute Gasteiger partial charge is 0.256 e. The molecule has 2 aliphatic rings. The van der Waals surface area contributed by atoms with E-state index < -0.39 is 5.82 Å². The number of ether oxygens (including phenoxy) is 1. The normalized spacial score (nSPS) is 18.6. The van der Waals surface area contributed by atoms with Crippen LogP contribution in [0.4, 0.5) is 4.39 Å². The van der Waals surface area contributed by atoms with Crippen LogP contribution in [-0.4, -0.2) is 58.4 Å². The molecule has 2 amide bonds. The first kappa shape index (κ1) is 21.2. The third-order valence-corrected chi connectivity index (χ3v) is 5.88. The average Bonchev–Trinajstić information content (AvgIpc) is 2.79. The number of fused-ring (bicyclic) bond motifs is 1. The van der Waals surface area contributed by atoms with Gasteiger partial charge in [0.2, 0.25) is 5.91 Å². The number of H-pyrrole nitrogens is 1. The monoisotopic (exact) mass is 428 g/mol. The maximum absolute atomic E-state index is 13.3. The highest BCUT2D eigenvalue weighted by Crippen LogP contribution is 2.30. The first-order valence-corrected chi connectivity index (χ1v) is 10.4. The molecule has 1 saturated heterocycles. The number of hydrogen-bond acceptors (Lipinski definition) is 5. The molecule has 0 radical (unpaired) electrons. The van der Waals surface area contributed by atoms with E-state index in [9.17, 15) is 18.8 Å². The fourth-order valence-corrected chi connectivity index (χ4v) is 4.25. The molecule has 0 unspecified atom stereocenters. The molecule has 2 aromatic rings. The van der Waals surface area contributed by atoms with E-state index in [0.717, 1.165) is 12.8 Å². The number of likely N-dealkylation sites (tertiary alicyclic amines) is 1. The molecule has 1 atom stereocenters. The van der Waals surface area contributed by atoms with Crippen molar-refractivity contribution in [1.82, 2.24) is 19.8 Å². The standard InChI is InChI=1S/C22H25FN4O4/c1-31-13-19(28)26-11-9-17-16(12-26)21(29)25-20(24-17)18-4-2-3-10-27(18)22(30)14-5-7-15(23)8-6-14/h5-8,18H,2-4,9-13H2,1H3,(H,24,25,29)/t18-/m1/s1. The zero-order valence-electron chi connectivity index (χ0n) is 17.4. The van der Waals surface area contributed by atoms with Crippen molar-refractivity contribution in [2.45, 2.75) is 38.3 Å². The summed E-state index contributed by atoms with van der Waals surface area (Å²) in [5.41, 5.74) is 1.27. The van der Waals surface area contributed by atoms with E-state index in [1.807, 2.05) is 0 Å². The van der Waals surface area contributed by atoms with E-state index in [4.69, 9.17) is 9.72 Å². The van der Waals surface area contributed by atoms with Crippen LogP contribution in [0.2, 0.25) is 0 Å². The van der Waals surface area contributed by atoms with Crippen molar-refractivity contribution in [2.24, 2.45) is 0 Å². The van der Waals surface area contributed by atoms with Gasteiger partial charge in [-0.15, -0.1) is 0 Å². The third kappa shape index (κ3) is 4.36. The second-order valence-corrected chi connectivity index (χ2v) is 7.89. The highest BCUT2D eigenvalue weighted by atomic mass is 19.1. The number of carbonyl (C=O) groups is 2. The summed E-state index contributed by atoms with van der Waals surface area (Å²) in [7, 11) is 1.46. The zero-order valence-corrected chi connectivity index (χ0v) is 17.4. The van der Waals surface area contributed by atoms with Crippen molar-refractivity contribution in [1.29, 1.82) is 0 Å². The molecule has 0 bridgehead atoms. The van der Waals surface area contributed by atoms with E-state index in [1.165, 1.54) is 31.4 Å². The molecule has 2 aliphatic heterocycles. The number of amides is 2. The average molecular weight is 428 g/mol. The van der Waals surface area contributed by atoms with Gasteiger partial charge in [-0.25, -0.2) is 9.37 Å². The van der Waals surface area contributed by atoms with Gasteiger partial charge in [-0.05, 0) is 43.5 Å². The Morgan fingerprint density at radius 1 is 1.23 bits per heavy atom. The number of nitrogens with zero attached hydrogens (tertiary/aromatic N) is 3. The quantitative estimate of drug-likeness (QED) is 0.801. The largest absolute Gasteiger partial charge is 0.375 e. The summed E-state index contributed by atoms with van der Waals surface area (Å²) in [6.07, 6.45) is 2.93. The fourth-order valence-electron chi connectivity index (χ4n) is 4.25. The van der Waals surface area contributed by atoms with Crippen LogP contribution >= 0.6 is 0 Å². The number of hydrogen-bond donors (Lipinski definition) is 1. The molecule has 0 aliphatic carbocycles. The maximum atomic E-state index is 13.3. The van der Waals surface area contributed by atoms with E-state index in [1.54, 1.807) is 9.80 Å². The first-order chi connectivity index (χ1) is 15.0. The minimum absolute atomic E-state index is 0.0265. The van der Waals surface area contributed by atoms with Gasteiger partial charge < -0.3 is 19.5 Å². The summed E-state index contributed by atoms with van der Waals surface area (Å²) in [5, 5.41) is 0. The Labute approximate surface area is 179 Å². The lowest BCUT2D eigenvalue weighted by atomic mass is 9.99. The molecule has 1 N–H and O–H groups in total. The highest BCUT2D eigenvalue weighted by Gasteiger charge is 2.32. The van der Waals surface area contributed by atoms with Crippen LogP contribution in [0.25, 0.3) is 0 Å². The summed E-state index contributed by atoms with van der Waals surface area (Å²) in [5.74, 6) is -0.303. The van der Waals surface area contributed by atoms with Crippen molar-refractivity contribution >= 4 is 11.8 Å². The molecule has 0 spiro atoms. The SMILES string of the molecule is COCC(=O)N1CCc2nc([C@H]3CCCCN3C(=O)c3ccc(F)cc3)[nH]c(=O)c2C1. The van der Waals surface area contributed by atoms with Gasteiger partial charge in [0.1, 0.15) is 18.2 Å². The lowest BCUT2D eigenvalue weighted by Gasteiger charge is -2.36. The molecule has 31 heavy (non-hydrogen) atoms. The molecule has 0 saturated carbocycles. The molecule has 3 heterocycles. The number of aromatic amines is 1. The van der Waals surface area contributed by atoms with Gasteiger partial charge in [-0.1, -0.05) is 0 Å². The van der Waals surface area contributed by atoms with Gasteiger partial charge in [0.25, 0.3) is 11.5 Å². The van der Waals surface area contributed by atoms with Crippen molar-refractivity contribution in [3.63, 3.8) is 0 Å². The molecular weight excluding hydrogens is 403 g/mol. The Kier molecular flexibility index (Phi) is 6.13. The topological polar surface area (TPSA) is 95.6 Å². The minimum Gasteiger partial charge on any atom is -0.375 e. The zero-order chi connectivity index (χ0) is 22.0. The summed E-state index contributed by atoms with van der Waals surface area (Å²) >= 11 is 0. The molecule has 164 valence electrons. The van der Waals surface area contributed by atoms with Crippen LogP contribution in [0.15, 0.2) is 29.1 Å². The van der Waals surface area contributed by atoms with Crippen LogP contribution in [0.3, 0.4) is 0 Å². The second kappa shape index (κ2) is 8.97. The molecule has 1 aromatic heterocycles. The fraction of sp³-hybridized carbons (Fsp3) is 0.455. The number of methoxy groups -OCH3 is 1. The number of carbonyl (C=O) groups excluding carboxylic acids is 2. The van der Waals surface area contributed by atoms with Gasteiger partial charge in [-0.2, -0.15) is 0 Å². The molecule has 4 rings (SSSR count). The van der Waals surface area contributed by atoms with Crippen molar-refractivity contribution in [3.8, 4) is 0 Å². The van der Waals surface area contributed by atoms with Crippen LogP contribution in [0, 0.1) is 5.82 Å². The van der Waals surface area contributed by atoms with E-state index in [-0.39, 0.29) is 36.6 Å². The Morgan fingerprint density at radius 3 is 2.74 bits per heavy atom. The van der Waals surface area contributed by atoms with Crippen LogP contribution < -0.4 is 5.56 Å². The van der Waals surface area contributed by atoms with Crippen LogP contribution in [-0.2, 0) is 22.5 Å². The van der Waals surface area contributed by atoms with Crippen molar-refractivity contribution < 1.29 is 18.7 Å².